The summed E-state index contributed by atoms with van der Waals surface area (Å²) in [5.74, 6) is -1.68. The Kier molecular flexibility index (Phi) is 12.0. The Balaban J connectivity index is 0.00000138. The molecule has 3 aromatic carbocycles. The predicted molar refractivity (Wildman–Crippen MR) is 153 cm³/mol. The largest absolute Gasteiger partial charge is 0.493 e. The first-order chi connectivity index (χ1) is 19.5. The smallest absolute Gasteiger partial charge is 0.344 e. The number of aliphatic carboxylic acids is 2. The van der Waals surface area contributed by atoms with Gasteiger partial charge in [-0.25, -0.2) is 4.79 Å². The monoisotopic (exact) mass is 566 g/mol. The highest BCUT2D eigenvalue weighted by Gasteiger charge is 2.28. The summed E-state index contributed by atoms with van der Waals surface area (Å²) >= 11 is 0. The Labute approximate surface area is 237 Å². The quantitative estimate of drug-likeness (QED) is 0.140. The number of amidine groups is 1. The second-order valence-electron chi connectivity index (χ2n) is 8.63. The van der Waals surface area contributed by atoms with E-state index in [4.69, 9.17) is 35.3 Å². The van der Waals surface area contributed by atoms with Crippen molar-refractivity contribution in [2.24, 2.45) is 5.73 Å². The molecule has 41 heavy (non-hydrogen) atoms. The lowest BCUT2D eigenvalue weighted by atomic mass is 10.0. The maximum absolute atomic E-state index is 13.6. The molecule has 0 aliphatic carbocycles. The van der Waals surface area contributed by atoms with Crippen molar-refractivity contribution in [3.05, 3.63) is 83.4 Å². The number of carbonyl (C=O) groups is 3. The van der Waals surface area contributed by atoms with Gasteiger partial charge in [0.1, 0.15) is 17.6 Å². The summed E-state index contributed by atoms with van der Waals surface area (Å²) in [5, 5.41) is 30.5. The first kappa shape index (κ1) is 32.0. The third-order valence-electron chi connectivity index (χ3n) is 5.56. The van der Waals surface area contributed by atoms with Gasteiger partial charge >= 0.3 is 5.97 Å². The van der Waals surface area contributed by atoms with Crippen molar-refractivity contribution >= 4 is 29.4 Å². The van der Waals surface area contributed by atoms with E-state index in [0.717, 1.165) is 12.5 Å². The van der Waals surface area contributed by atoms with Crippen LogP contribution in [0.25, 0.3) is 0 Å². The molecule has 0 saturated carbocycles. The average molecular weight is 567 g/mol. The van der Waals surface area contributed by atoms with E-state index >= 15 is 0 Å². The van der Waals surface area contributed by atoms with Crippen molar-refractivity contribution in [2.45, 2.75) is 32.5 Å². The third-order valence-corrected chi connectivity index (χ3v) is 5.56. The molecule has 0 saturated heterocycles. The maximum Gasteiger partial charge on any atom is 0.344 e. The van der Waals surface area contributed by atoms with Crippen LogP contribution in [-0.4, -0.2) is 54.2 Å². The van der Waals surface area contributed by atoms with Crippen molar-refractivity contribution in [3.63, 3.8) is 0 Å². The minimum absolute atomic E-state index is 0.0815. The molecule has 3 rings (SSSR count). The molecule has 0 heterocycles. The molecule has 12 nitrogen and oxygen atoms in total. The molecule has 0 radical (unpaired) electrons. The number of carboxylic acids is 2. The van der Waals surface area contributed by atoms with E-state index in [1.807, 2.05) is 30.3 Å². The van der Waals surface area contributed by atoms with Gasteiger partial charge in [0.25, 0.3) is 5.97 Å². The molecule has 0 aliphatic rings. The van der Waals surface area contributed by atoms with Crippen LogP contribution in [0.1, 0.15) is 36.6 Å². The summed E-state index contributed by atoms with van der Waals surface area (Å²) in [5.41, 5.74) is 7.90. The number of anilines is 1. The van der Waals surface area contributed by atoms with Gasteiger partial charge in [-0.15, -0.1) is 0 Å². The first-order valence-electron chi connectivity index (χ1n) is 12.3. The molecule has 3 aromatic rings. The topological polar surface area (TPSA) is 193 Å². The lowest BCUT2D eigenvalue weighted by Crippen LogP contribution is -2.34. The van der Waals surface area contributed by atoms with Crippen molar-refractivity contribution in [1.29, 1.82) is 5.41 Å². The number of hydrogen-bond acceptors (Lipinski definition) is 8. The number of carboxylic acid groups (broad SMARTS) is 2. The fraction of sp³-hybridized carbons (Fsp3) is 0.241. The predicted octanol–water partition coefficient (Wildman–Crippen LogP) is 3.40. The van der Waals surface area contributed by atoms with E-state index < -0.39 is 24.1 Å². The zero-order valence-corrected chi connectivity index (χ0v) is 23.1. The molecule has 12 heteroatoms. The summed E-state index contributed by atoms with van der Waals surface area (Å²) in [6.45, 7) is 2.75. The van der Waals surface area contributed by atoms with Gasteiger partial charge in [0, 0.05) is 36.3 Å². The molecule has 0 unspecified atom stereocenters. The number of nitrogen functional groups attached to an aromatic ring is 1. The second-order valence-corrected chi connectivity index (χ2v) is 8.63. The molecule has 0 fully saturated rings. The van der Waals surface area contributed by atoms with Gasteiger partial charge in [0.15, 0.2) is 17.6 Å². The number of amides is 1. The van der Waals surface area contributed by atoms with Crippen LogP contribution in [-0.2, 0) is 20.9 Å². The zero-order valence-electron chi connectivity index (χ0n) is 23.1. The van der Waals surface area contributed by atoms with Gasteiger partial charge in [0.2, 0.25) is 5.91 Å². The minimum Gasteiger partial charge on any atom is -0.493 e. The molecular formula is C29H34N4O8. The van der Waals surface area contributed by atoms with E-state index in [2.05, 4.69) is 10.6 Å². The molecule has 0 bridgehead atoms. The summed E-state index contributed by atoms with van der Waals surface area (Å²) in [7, 11) is 2.90. The van der Waals surface area contributed by atoms with Gasteiger partial charge in [0.05, 0.1) is 14.2 Å². The highest BCUT2D eigenvalue weighted by molar-refractivity contribution is 5.95. The molecular weight excluding hydrogens is 532 g/mol. The van der Waals surface area contributed by atoms with Crippen LogP contribution in [0.15, 0.2) is 66.7 Å². The molecule has 1 amide bonds. The Bertz CT molecular complexity index is 1340. The molecule has 0 aliphatic heterocycles. The van der Waals surface area contributed by atoms with Crippen LogP contribution in [0.4, 0.5) is 5.69 Å². The summed E-state index contributed by atoms with van der Waals surface area (Å²) in [6.07, 6.45) is -1.19. The van der Waals surface area contributed by atoms with Gasteiger partial charge < -0.3 is 40.8 Å². The number of carbonyl (C=O) groups excluding carboxylic acids is 1. The summed E-state index contributed by atoms with van der Waals surface area (Å²) in [4.78, 5) is 34.1. The minimum atomic E-state index is -1.19. The second kappa shape index (κ2) is 15.4. The van der Waals surface area contributed by atoms with Crippen LogP contribution in [0, 0.1) is 5.41 Å². The number of hydrogen-bond donors (Lipinski definition) is 6. The van der Waals surface area contributed by atoms with Crippen molar-refractivity contribution in [3.8, 4) is 17.2 Å². The molecule has 0 aromatic heterocycles. The van der Waals surface area contributed by atoms with Gasteiger partial charge in [-0.05, 0) is 42.8 Å². The number of ether oxygens (including phenoxy) is 3. The first-order valence-corrected chi connectivity index (χ1v) is 12.3. The van der Waals surface area contributed by atoms with Crippen LogP contribution >= 0.6 is 0 Å². The average Bonchev–Trinajstić information content (AvgIpc) is 2.95. The third kappa shape index (κ3) is 9.77. The number of methoxy groups -OCH3 is 2. The lowest BCUT2D eigenvalue weighted by Gasteiger charge is -2.25. The Morgan fingerprint density at radius 1 is 0.927 bits per heavy atom. The normalized spacial score (nSPS) is 11.5. The van der Waals surface area contributed by atoms with Crippen molar-refractivity contribution < 1.29 is 38.8 Å². The number of rotatable bonds is 12. The van der Waals surface area contributed by atoms with Gasteiger partial charge in [-0.1, -0.05) is 30.3 Å². The Morgan fingerprint density at radius 2 is 1.49 bits per heavy atom. The molecule has 7 N–H and O–H groups in total. The van der Waals surface area contributed by atoms with E-state index in [9.17, 15) is 14.7 Å². The van der Waals surface area contributed by atoms with E-state index in [1.54, 1.807) is 30.3 Å². The van der Waals surface area contributed by atoms with Gasteiger partial charge in [-0.2, -0.15) is 0 Å². The van der Waals surface area contributed by atoms with Gasteiger partial charge in [-0.3, -0.25) is 15.0 Å². The fourth-order valence-corrected chi connectivity index (χ4v) is 3.53. The number of nitrogens with two attached hydrogens (primary N) is 1. The summed E-state index contributed by atoms with van der Waals surface area (Å²) < 4.78 is 16.5. The number of nitrogens with one attached hydrogen (secondary N) is 3. The highest BCUT2D eigenvalue weighted by atomic mass is 16.5. The number of benzene rings is 3. The van der Waals surface area contributed by atoms with Crippen LogP contribution in [0.3, 0.4) is 0 Å². The Morgan fingerprint density at radius 3 is 2.00 bits per heavy atom. The molecule has 0 spiro atoms. The van der Waals surface area contributed by atoms with E-state index in [0.29, 0.717) is 28.3 Å². The summed E-state index contributed by atoms with van der Waals surface area (Å²) in [6, 6.07) is 18.2. The van der Waals surface area contributed by atoms with Crippen LogP contribution < -0.4 is 30.6 Å². The highest BCUT2D eigenvalue weighted by Crippen LogP contribution is 2.39. The molecule has 2 atom stereocenters. The van der Waals surface area contributed by atoms with Crippen molar-refractivity contribution in [1.82, 2.24) is 5.32 Å². The standard InChI is InChI=1S/C27H30N4O6.C2H4O2/c1-16(27(33)34)37-21-14-23(36-3)22(35-2)13-20(21)24(26(32)30-15-17-7-5-4-6-8-17)31-19-11-9-18(10-12-19)25(28)29;1-2(3)4/h4-14,16,24,31H,15H2,1-3H3,(H3,28,29)(H,30,32)(H,33,34);1H3,(H,3,4)/t16-,24+;/m1./s1. The zero-order chi connectivity index (χ0) is 30.5. The fourth-order valence-electron chi connectivity index (χ4n) is 3.53. The van der Waals surface area contributed by atoms with Crippen LogP contribution in [0.5, 0.6) is 17.2 Å². The molecule has 218 valence electrons. The van der Waals surface area contributed by atoms with E-state index in [1.165, 1.54) is 27.2 Å². The van der Waals surface area contributed by atoms with Crippen molar-refractivity contribution in [2.75, 3.05) is 19.5 Å². The lowest BCUT2D eigenvalue weighted by molar-refractivity contribution is -0.144. The van der Waals surface area contributed by atoms with Crippen LogP contribution in [0.2, 0.25) is 0 Å². The Hall–Kier alpha value is -5.26. The SMILES string of the molecule is CC(=O)O.COc1cc(O[C@H](C)C(=O)O)c([C@H](Nc2ccc(C(=N)N)cc2)C(=O)NCc2ccccc2)cc1OC. The maximum atomic E-state index is 13.6. The van der Waals surface area contributed by atoms with E-state index in [-0.39, 0.29) is 24.0 Å².